The lowest BCUT2D eigenvalue weighted by atomic mass is 10.3. The molecule has 23 heavy (non-hydrogen) atoms. The molecule has 2 amide bonds. The van der Waals surface area contributed by atoms with E-state index in [-0.39, 0.29) is 34.9 Å². The van der Waals surface area contributed by atoms with Crippen LogP contribution in [0.1, 0.15) is 13.8 Å². The average Bonchev–Trinajstić information content (AvgIpc) is 2.43. The Morgan fingerprint density at radius 2 is 1.61 bits per heavy atom. The van der Waals surface area contributed by atoms with Gasteiger partial charge in [0, 0.05) is 18.1 Å². The fourth-order valence-electron chi connectivity index (χ4n) is 2.13. The van der Waals surface area contributed by atoms with Gasteiger partial charge in [-0.05, 0) is 26.0 Å². The number of nitrogens with zero attached hydrogens (tertiary/aromatic N) is 1. The summed E-state index contributed by atoms with van der Waals surface area (Å²) in [6.07, 6.45) is 0. The first kappa shape index (κ1) is 20.0. The van der Waals surface area contributed by atoms with Gasteiger partial charge in [-0.1, -0.05) is 34.8 Å². The highest BCUT2D eigenvalue weighted by Crippen LogP contribution is 2.33. The molecule has 1 rings (SSSR count). The van der Waals surface area contributed by atoms with Gasteiger partial charge in [0.25, 0.3) is 11.8 Å². The minimum Gasteiger partial charge on any atom is -0.338 e. The van der Waals surface area contributed by atoms with E-state index in [4.69, 9.17) is 34.8 Å². The quantitative estimate of drug-likeness (QED) is 0.759. The molecule has 0 saturated heterocycles. The molecule has 1 unspecified atom stereocenters. The van der Waals surface area contributed by atoms with Gasteiger partial charge in [-0.2, -0.15) is 0 Å². The summed E-state index contributed by atoms with van der Waals surface area (Å²) in [5.74, 6) is -0.260. The van der Waals surface area contributed by atoms with Crippen LogP contribution in [0.2, 0.25) is 15.1 Å². The van der Waals surface area contributed by atoms with Crippen LogP contribution in [0.25, 0.3) is 0 Å². The number of carbonyl (C=O) groups excluding carboxylic acids is 2. The number of benzene rings is 1. The van der Waals surface area contributed by atoms with Crippen molar-refractivity contribution >= 4 is 52.3 Å². The number of likely N-dealkylation sites (N-methyl/N-ethyl adjacent to an activating group) is 2. The summed E-state index contributed by atoms with van der Waals surface area (Å²) in [6.45, 7) is 5.54. The summed E-state index contributed by atoms with van der Waals surface area (Å²) in [7, 11) is 1.78. The highest BCUT2D eigenvalue weighted by atomic mass is 35.5. The Balaban J connectivity index is 2.62. The number of halogens is 3. The molecule has 0 heterocycles. The van der Waals surface area contributed by atoms with Crippen molar-refractivity contribution in [1.82, 2.24) is 4.90 Å². The molecule has 2 N–H and O–H groups in total. The van der Waals surface area contributed by atoms with E-state index < -0.39 is 0 Å². The molecule has 0 bridgehead atoms. The lowest BCUT2D eigenvalue weighted by Gasteiger charge is -2.21. The number of rotatable bonds is 7. The summed E-state index contributed by atoms with van der Waals surface area (Å²) < 4.78 is 0. The molecule has 0 aliphatic carbocycles. The zero-order valence-electron chi connectivity index (χ0n) is 13.4. The second kappa shape index (κ2) is 9.33. The molecule has 128 valence electrons. The molecule has 8 heteroatoms. The predicted octanol–water partition coefficient (Wildman–Crippen LogP) is 1.97. The maximum Gasteiger partial charge on any atom is 0.279 e. The zero-order chi connectivity index (χ0) is 17.6. The predicted molar refractivity (Wildman–Crippen MR) is 94.7 cm³/mol. The fourth-order valence-corrected chi connectivity index (χ4v) is 3.04. The number of carbonyl (C=O) groups is 2. The Morgan fingerprint density at radius 3 is 2.09 bits per heavy atom. The van der Waals surface area contributed by atoms with E-state index in [9.17, 15) is 9.59 Å². The van der Waals surface area contributed by atoms with Crippen LogP contribution >= 0.6 is 34.8 Å². The van der Waals surface area contributed by atoms with Crippen LogP contribution in [0.15, 0.2) is 12.1 Å². The van der Waals surface area contributed by atoms with Crippen LogP contribution in [0.5, 0.6) is 0 Å². The fraction of sp³-hybridized carbons (Fsp3) is 0.467. The van der Waals surface area contributed by atoms with Gasteiger partial charge in [0.15, 0.2) is 13.1 Å². The van der Waals surface area contributed by atoms with Crippen molar-refractivity contribution in [3.05, 3.63) is 27.2 Å². The lowest BCUT2D eigenvalue weighted by Crippen LogP contribution is -3.11. The number of anilines is 1. The number of quaternary nitrogens is 1. The molecule has 0 aliphatic rings. The summed E-state index contributed by atoms with van der Waals surface area (Å²) >= 11 is 17.9. The normalized spacial score (nSPS) is 11.9. The van der Waals surface area contributed by atoms with Crippen molar-refractivity contribution in [2.24, 2.45) is 0 Å². The molecule has 5 nitrogen and oxygen atoms in total. The smallest absolute Gasteiger partial charge is 0.279 e. The van der Waals surface area contributed by atoms with Gasteiger partial charge in [-0.3, -0.25) is 9.59 Å². The Labute approximate surface area is 151 Å². The molecular weight excluding hydrogens is 361 g/mol. The maximum absolute atomic E-state index is 12.1. The average molecular weight is 382 g/mol. The molecule has 0 fully saturated rings. The minimum absolute atomic E-state index is 0.0165. The van der Waals surface area contributed by atoms with E-state index in [2.05, 4.69) is 5.32 Å². The highest BCUT2D eigenvalue weighted by molar-refractivity contribution is 6.42. The van der Waals surface area contributed by atoms with Gasteiger partial charge in [0.1, 0.15) is 0 Å². The molecular formula is C15H21Cl3N3O2+. The van der Waals surface area contributed by atoms with Gasteiger partial charge in [-0.25, -0.2) is 0 Å². The third-order valence-electron chi connectivity index (χ3n) is 3.30. The Morgan fingerprint density at radius 1 is 1.09 bits per heavy atom. The molecule has 0 aromatic heterocycles. The van der Waals surface area contributed by atoms with E-state index >= 15 is 0 Å². The SMILES string of the molecule is CCN(CC)C(=O)C[NH+](C)CC(=O)Nc1c(Cl)cc(Cl)cc1Cl. The van der Waals surface area contributed by atoms with E-state index in [1.165, 1.54) is 12.1 Å². The Hall–Kier alpha value is -1.01. The second-order valence-electron chi connectivity index (χ2n) is 5.17. The second-order valence-corrected chi connectivity index (χ2v) is 6.42. The first-order valence-electron chi connectivity index (χ1n) is 7.31. The topological polar surface area (TPSA) is 53.9 Å². The van der Waals surface area contributed by atoms with Crippen molar-refractivity contribution in [3.63, 3.8) is 0 Å². The van der Waals surface area contributed by atoms with Crippen LogP contribution in [-0.2, 0) is 9.59 Å². The molecule has 0 aliphatic heterocycles. The maximum atomic E-state index is 12.1. The molecule has 0 radical (unpaired) electrons. The number of hydrogen-bond donors (Lipinski definition) is 2. The van der Waals surface area contributed by atoms with Crippen LogP contribution in [-0.4, -0.2) is 49.9 Å². The summed E-state index contributed by atoms with van der Waals surface area (Å²) in [6, 6.07) is 3.01. The third kappa shape index (κ3) is 6.18. The van der Waals surface area contributed by atoms with Gasteiger partial charge < -0.3 is 15.1 Å². The number of hydrogen-bond acceptors (Lipinski definition) is 2. The minimum atomic E-state index is -0.277. The van der Waals surface area contributed by atoms with Crippen molar-refractivity contribution in [2.75, 3.05) is 38.5 Å². The Bertz CT molecular complexity index is 554. The highest BCUT2D eigenvalue weighted by Gasteiger charge is 2.19. The summed E-state index contributed by atoms with van der Waals surface area (Å²) in [4.78, 5) is 26.6. The lowest BCUT2D eigenvalue weighted by molar-refractivity contribution is -0.862. The third-order valence-corrected chi connectivity index (χ3v) is 4.12. The van der Waals surface area contributed by atoms with E-state index in [1.54, 1.807) is 11.9 Å². The monoisotopic (exact) mass is 380 g/mol. The zero-order valence-corrected chi connectivity index (χ0v) is 15.6. The standard InChI is InChI=1S/C15H20Cl3N3O2/c1-4-21(5-2)14(23)9-20(3)8-13(22)19-15-11(17)6-10(16)7-12(15)18/h6-7H,4-5,8-9H2,1-3H3,(H,19,22)/p+1. The van der Waals surface area contributed by atoms with Gasteiger partial charge in [0.2, 0.25) is 0 Å². The van der Waals surface area contributed by atoms with Crippen molar-refractivity contribution in [3.8, 4) is 0 Å². The summed E-state index contributed by atoms with van der Waals surface area (Å²) in [5.41, 5.74) is 0.325. The number of amides is 2. The van der Waals surface area contributed by atoms with Gasteiger partial charge in [-0.15, -0.1) is 0 Å². The molecule has 1 aromatic carbocycles. The van der Waals surface area contributed by atoms with Crippen molar-refractivity contribution in [2.45, 2.75) is 13.8 Å². The van der Waals surface area contributed by atoms with E-state index in [0.29, 0.717) is 23.8 Å². The summed E-state index contributed by atoms with van der Waals surface area (Å²) in [5, 5.41) is 3.60. The van der Waals surface area contributed by atoms with Gasteiger partial charge >= 0.3 is 0 Å². The van der Waals surface area contributed by atoms with Crippen LogP contribution in [0.3, 0.4) is 0 Å². The number of nitrogens with one attached hydrogen (secondary N) is 2. The Kier molecular flexibility index (Phi) is 8.12. The van der Waals surface area contributed by atoms with Crippen LogP contribution in [0.4, 0.5) is 5.69 Å². The van der Waals surface area contributed by atoms with E-state index in [1.807, 2.05) is 13.8 Å². The van der Waals surface area contributed by atoms with Crippen LogP contribution < -0.4 is 10.2 Å². The van der Waals surface area contributed by atoms with Gasteiger partial charge in [0.05, 0.1) is 22.8 Å². The van der Waals surface area contributed by atoms with E-state index in [0.717, 1.165) is 4.90 Å². The first-order valence-corrected chi connectivity index (χ1v) is 8.45. The molecule has 1 atom stereocenters. The van der Waals surface area contributed by atoms with Crippen molar-refractivity contribution in [1.29, 1.82) is 0 Å². The largest absolute Gasteiger partial charge is 0.338 e. The molecule has 0 saturated carbocycles. The van der Waals surface area contributed by atoms with Crippen molar-refractivity contribution < 1.29 is 14.5 Å². The molecule has 1 aromatic rings. The van der Waals surface area contributed by atoms with Crippen LogP contribution in [0, 0.1) is 0 Å². The molecule has 0 spiro atoms. The first-order chi connectivity index (χ1) is 10.8.